The van der Waals surface area contributed by atoms with Crippen LogP contribution >= 0.6 is 0 Å². The zero-order valence-corrected chi connectivity index (χ0v) is 10.1. The van der Waals surface area contributed by atoms with Crippen LogP contribution in [0.3, 0.4) is 0 Å². The quantitative estimate of drug-likeness (QED) is 0.756. The van der Waals surface area contributed by atoms with Gasteiger partial charge in [-0.15, -0.1) is 0 Å². The van der Waals surface area contributed by atoms with E-state index in [9.17, 15) is 4.79 Å². The van der Waals surface area contributed by atoms with E-state index in [1.165, 1.54) is 12.8 Å². The van der Waals surface area contributed by atoms with Gasteiger partial charge in [0.05, 0.1) is 11.2 Å². The summed E-state index contributed by atoms with van der Waals surface area (Å²) in [5, 5.41) is 0. The van der Waals surface area contributed by atoms with Crippen LogP contribution in [0.4, 0.5) is 5.69 Å². The first-order valence-electron chi connectivity index (χ1n) is 5.85. The van der Waals surface area contributed by atoms with Gasteiger partial charge in [0.15, 0.2) is 6.29 Å². The average Bonchev–Trinajstić information content (AvgIpc) is 3.10. The summed E-state index contributed by atoms with van der Waals surface area (Å²) in [5.41, 5.74) is 2.58. The topological polar surface area (TPSA) is 37.6 Å². The van der Waals surface area contributed by atoms with Crippen LogP contribution in [0.15, 0.2) is 18.3 Å². The third kappa shape index (κ3) is 1.60. The molecule has 88 valence electrons. The molecule has 0 N–H and O–H groups in total. The Bertz CT molecular complexity index is 582. The average molecular weight is 229 g/mol. The third-order valence-electron chi connectivity index (χ3n) is 3.25. The number of imidazole rings is 1. The number of aldehydes is 1. The Morgan fingerprint density at radius 1 is 1.41 bits per heavy atom. The van der Waals surface area contributed by atoms with Crippen molar-refractivity contribution in [1.82, 2.24) is 9.38 Å². The van der Waals surface area contributed by atoms with Crippen molar-refractivity contribution in [2.75, 3.05) is 19.0 Å². The van der Waals surface area contributed by atoms with Crippen molar-refractivity contribution in [3.8, 4) is 0 Å². The Balaban J connectivity index is 2.24. The van der Waals surface area contributed by atoms with Gasteiger partial charge in [-0.05, 0) is 25.0 Å². The number of nitrogens with zero attached hydrogens (tertiary/aromatic N) is 3. The van der Waals surface area contributed by atoms with Gasteiger partial charge in [0, 0.05) is 26.2 Å². The summed E-state index contributed by atoms with van der Waals surface area (Å²) >= 11 is 0. The second-order valence-corrected chi connectivity index (χ2v) is 4.78. The lowest BCUT2D eigenvalue weighted by atomic mass is 10.3. The van der Waals surface area contributed by atoms with E-state index in [1.54, 1.807) is 0 Å². The Hall–Kier alpha value is -1.84. The number of hydrogen-bond acceptors (Lipinski definition) is 3. The molecule has 1 aliphatic carbocycles. The first-order valence-corrected chi connectivity index (χ1v) is 5.85. The van der Waals surface area contributed by atoms with Gasteiger partial charge < -0.3 is 9.30 Å². The number of hydrogen-bond donors (Lipinski definition) is 0. The molecule has 0 radical (unpaired) electrons. The molecule has 3 rings (SSSR count). The molecule has 1 fully saturated rings. The van der Waals surface area contributed by atoms with Crippen molar-refractivity contribution >= 4 is 17.5 Å². The van der Waals surface area contributed by atoms with Gasteiger partial charge in [-0.2, -0.15) is 0 Å². The first kappa shape index (κ1) is 10.3. The maximum Gasteiger partial charge on any atom is 0.170 e. The van der Waals surface area contributed by atoms with E-state index >= 15 is 0 Å². The van der Waals surface area contributed by atoms with Crippen molar-refractivity contribution in [3.05, 3.63) is 29.8 Å². The van der Waals surface area contributed by atoms with Crippen LogP contribution < -0.4 is 4.90 Å². The highest BCUT2D eigenvalue weighted by molar-refractivity contribution is 5.84. The third-order valence-corrected chi connectivity index (χ3v) is 3.25. The second-order valence-electron chi connectivity index (χ2n) is 4.78. The fraction of sp³-hybridized carbons (Fsp3) is 0.385. The molecule has 0 spiro atoms. The highest BCUT2D eigenvalue weighted by Gasteiger charge is 2.29. The summed E-state index contributed by atoms with van der Waals surface area (Å²) in [6, 6.07) is 3.98. The number of carbonyl (C=O) groups excluding carboxylic acids is 1. The van der Waals surface area contributed by atoms with Crippen molar-refractivity contribution in [2.24, 2.45) is 0 Å². The largest absolute Gasteiger partial charge is 0.376 e. The lowest BCUT2D eigenvalue weighted by molar-refractivity contribution is 0.112. The van der Waals surface area contributed by atoms with Gasteiger partial charge in [-0.3, -0.25) is 4.79 Å². The van der Waals surface area contributed by atoms with Crippen molar-refractivity contribution in [1.29, 1.82) is 0 Å². The van der Waals surface area contributed by atoms with E-state index in [0.717, 1.165) is 23.3 Å². The standard InChI is InChI=1S/C13H15N3O/c1-15(2)10-5-6-12-11(8-17)14-13(9-3-4-9)16(12)7-10/h5-9H,3-4H2,1-2H3. The van der Waals surface area contributed by atoms with Crippen LogP contribution in [0, 0.1) is 0 Å². The lowest BCUT2D eigenvalue weighted by Crippen LogP contribution is -2.09. The number of aromatic nitrogens is 2. The van der Waals surface area contributed by atoms with Gasteiger partial charge in [0.1, 0.15) is 11.5 Å². The SMILES string of the molecule is CN(C)c1ccc2c(C=O)nc(C3CC3)n2c1. The molecule has 0 atom stereocenters. The Kier molecular flexibility index (Phi) is 2.18. The van der Waals surface area contributed by atoms with Crippen molar-refractivity contribution in [2.45, 2.75) is 18.8 Å². The maximum absolute atomic E-state index is 11.0. The molecular weight excluding hydrogens is 214 g/mol. The van der Waals surface area contributed by atoms with Gasteiger partial charge in [-0.25, -0.2) is 4.98 Å². The van der Waals surface area contributed by atoms with E-state index < -0.39 is 0 Å². The minimum Gasteiger partial charge on any atom is -0.376 e. The Morgan fingerprint density at radius 2 is 2.18 bits per heavy atom. The summed E-state index contributed by atoms with van der Waals surface area (Å²) in [6.07, 6.45) is 5.27. The van der Waals surface area contributed by atoms with E-state index in [4.69, 9.17) is 0 Å². The van der Waals surface area contributed by atoms with Gasteiger partial charge in [0.2, 0.25) is 0 Å². The van der Waals surface area contributed by atoms with E-state index in [2.05, 4.69) is 20.5 Å². The summed E-state index contributed by atoms with van der Waals surface area (Å²) in [4.78, 5) is 17.5. The molecule has 17 heavy (non-hydrogen) atoms. The highest BCUT2D eigenvalue weighted by Crippen LogP contribution is 2.40. The Morgan fingerprint density at radius 3 is 2.76 bits per heavy atom. The molecule has 4 nitrogen and oxygen atoms in total. The number of rotatable bonds is 3. The molecule has 0 aliphatic heterocycles. The fourth-order valence-electron chi connectivity index (χ4n) is 2.10. The molecule has 1 aliphatic rings. The van der Waals surface area contributed by atoms with Crippen LogP contribution in [0.25, 0.3) is 5.52 Å². The zero-order valence-electron chi connectivity index (χ0n) is 10.1. The smallest absolute Gasteiger partial charge is 0.170 e. The number of fused-ring (bicyclic) bond motifs is 1. The summed E-state index contributed by atoms with van der Waals surface area (Å²) < 4.78 is 2.07. The second kappa shape index (κ2) is 3.58. The van der Waals surface area contributed by atoms with E-state index in [1.807, 2.05) is 26.2 Å². The van der Waals surface area contributed by atoms with E-state index in [0.29, 0.717) is 11.6 Å². The van der Waals surface area contributed by atoms with Gasteiger partial charge >= 0.3 is 0 Å². The van der Waals surface area contributed by atoms with Crippen LogP contribution in [0.2, 0.25) is 0 Å². The van der Waals surface area contributed by atoms with Crippen LogP contribution in [0.5, 0.6) is 0 Å². The molecule has 0 saturated heterocycles. The van der Waals surface area contributed by atoms with E-state index in [-0.39, 0.29) is 0 Å². The Labute approximate surface area is 99.9 Å². The van der Waals surface area contributed by atoms with Crippen LogP contribution in [0.1, 0.15) is 35.1 Å². The molecule has 2 heterocycles. The first-order chi connectivity index (χ1) is 8.20. The molecule has 0 amide bonds. The summed E-state index contributed by atoms with van der Waals surface area (Å²) in [7, 11) is 4.02. The number of pyridine rings is 1. The summed E-state index contributed by atoms with van der Waals surface area (Å²) in [5.74, 6) is 1.57. The van der Waals surface area contributed by atoms with Crippen molar-refractivity contribution in [3.63, 3.8) is 0 Å². The highest BCUT2D eigenvalue weighted by atomic mass is 16.1. The molecule has 2 aromatic heterocycles. The lowest BCUT2D eigenvalue weighted by Gasteiger charge is -2.13. The summed E-state index contributed by atoms with van der Waals surface area (Å²) in [6.45, 7) is 0. The molecule has 1 saturated carbocycles. The molecule has 0 aromatic carbocycles. The molecule has 4 heteroatoms. The molecule has 2 aromatic rings. The monoisotopic (exact) mass is 229 g/mol. The predicted octanol–water partition coefficient (Wildman–Crippen LogP) is 2.09. The maximum atomic E-state index is 11.0. The minimum absolute atomic E-state index is 0.536. The number of carbonyl (C=O) groups is 1. The zero-order chi connectivity index (χ0) is 12.0. The minimum atomic E-state index is 0.536. The molecular formula is C13H15N3O. The fourth-order valence-corrected chi connectivity index (χ4v) is 2.10. The van der Waals surface area contributed by atoms with Crippen LogP contribution in [-0.4, -0.2) is 29.8 Å². The van der Waals surface area contributed by atoms with Crippen molar-refractivity contribution < 1.29 is 4.79 Å². The van der Waals surface area contributed by atoms with Gasteiger partial charge in [0.25, 0.3) is 0 Å². The normalized spacial score (nSPS) is 15.2. The molecule has 0 unspecified atom stereocenters. The molecule has 0 bridgehead atoms. The predicted molar refractivity (Wildman–Crippen MR) is 66.9 cm³/mol. The number of anilines is 1. The van der Waals surface area contributed by atoms with Gasteiger partial charge in [-0.1, -0.05) is 0 Å². The van der Waals surface area contributed by atoms with Crippen LogP contribution in [-0.2, 0) is 0 Å².